The number of amides is 1. The highest BCUT2D eigenvalue weighted by Crippen LogP contribution is 2.42. The van der Waals surface area contributed by atoms with Gasteiger partial charge in [0.05, 0.1) is 21.3 Å². The van der Waals surface area contributed by atoms with Gasteiger partial charge in [-0.2, -0.15) is 0 Å². The molecule has 0 atom stereocenters. The number of nitrogens with one attached hydrogen (secondary N) is 1. The van der Waals surface area contributed by atoms with E-state index >= 15 is 0 Å². The van der Waals surface area contributed by atoms with Crippen molar-refractivity contribution in [3.05, 3.63) is 64.6 Å². The lowest BCUT2D eigenvalue weighted by Gasteiger charge is -2.18. The van der Waals surface area contributed by atoms with Crippen LogP contribution in [0.25, 0.3) is 10.8 Å². The molecule has 1 heterocycles. The van der Waals surface area contributed by atoms with Crippen LogP contribution in [0, 0.1) is 0 Å². The molecule has 0 bridgehead atoms. The van der Waals surface area contributed by atoms with Gasteiger partial charge >= 0.3 is 0 Å². The molecule has 0 saturated heterocycles. The summed E-state index contributed by atoms with van der Waals surface area (Å²) >= 11 is 12.0. The van der Waals surface area contributed by atoms with E-state index in [9.17, 15) is 13.2 Å². The molecule has 8 heteroatoms. The van der Waals surface area contributed by atoms with Gasteiger partial charge in [-0.05, 0) is 42.1 Å². The number of carbonyl (C=O) groups excluding carboxylic acids is 1. The molecule has 1 aliphatic rings. The van der Waals surface area contributed by atoms with Crippen molar-refractivity contribution in [1.29, 1.82) is 0 Å². The van der Waals surface area contributed by atoms with Crippen molar-refractivity contribution < 1.29 is 13.2 Å². The smallest absolute Gasteiger partial charge is 0.265 e. The fourth-order valence-electron chi connectivity index (χ4n) is 3.39. The highest BCUT2D eigenvalue weighted by Gasteiger charge is 2.35. The van der Waals surface area contributed by atoms with Crippen LogP contribution in [-0.4, -0.2) is 20.9 Å². The molecule has 0 saturated carbocycles. The molecule has 28 heavy (non-hydrogen) atoms. The van der Waals surface area contributed by atoms with Crippen LogP contribution in [0.5, 0.6) is 0 Å². The summed E-state index contributed by atoms with van der Waals surface area (Å²) in [4.78, 5) is 12.6. The molecule has 1 aliphatic heterocycles. The maximum atomic E-state index is 12.9. The second-order valence-corrected chi connectivity index (χ2v) is 9.16. The zero-order chi connectivity index (χ0) is 19.9. The molecule has 0 aliphatic carbocycles. The molecule has 0 aromatic heterocycles. The monoisotopic (exact) mass is 434 g/mol. The highest BCUT2D eigenvalue weighted by atomic mass is 35.5. The van der Waals surface area contributed by atoms with E-state index in [2.05, 4.69) is 5.32 Å². The molecule has 3 aromatic rings. The van der Waals surface area contributed by atoms with Crippen LogP contribution in [-0.2, 0) is 14.8 Å². The van der Waals surface area contributed by atoms with E-state index in [1.165, 1.54) is 4.31 Å². The summed E-state index contributed by atoms with van der Waals surface area (Å²) in [6, 6.07) is 15.6. The Morgan fingerprint density at radius 2 is 1.79 bits per heavy atom. The Kier molecular flexibility index (Phi) is 4.95. The van der Waals surface area contributed by atoms with Gasteiger partial charge in [-0.3, -0.25) is 9.10 Å². The molecule has 1 amide bonds. The van der Waals surface area contributed by atoms with E-state index in [1.807, 2.05) is 18.2 Å². The minimum absolute atomic E-state index is 0.154. The van der Waals surface area contributed by atoms with E-state index in [0.29, 0.717) is 32.7 Å². The maximum absolute atomic E-state index is 12.9. The van der Waals surface area contributed by atoms with Crippen LogP contribution in [0.1, 0.15) is 12.8 Å². The van der Waals surface area contributed by atoms with Gasteiger partial charge in [-0.1, -0.05) is 47.5 Å². The number of anilines is 2. The number of halogens is 2. The Morgan fingerprint density at radius 3 is 2.57 bits per heavy atom. The second kappa shape index (κ2) is 7.28. The topological polar surface area (TPSA) is 66.5 Å². The average molecular weight is 435 g/mol. The molecule has 0 fully saturated rings. The molecular formula is C20H16Cl2N2O3S. The van der Waals surface area contributed by atoms with E-state index < -0.39 is 10.0 Å². The van der Waals surface area contributed by atoms with Crippen LogP contribution in [0.4, 0.5) is 11.4 Å². The lowest BCUT2D eigenvalue weighted by Crippen LogP contribution is -2.29. The predicted octanol–water partition coefficient (Wildman–Crippen LogP) is 5.07. The predicted molar refractivity (Wildman–Crippen MR) is 113 cm³/mol. The standard InChI is InChI=1S/C20H16Cl2N2O3S/c21-14-9-10-15(22)16(12-14)23-19(25)8-3-11-24-17-6-1-4-13-5-2-7-18(20(13)17)28(24,26)27/h1-2,4-7,9-10,12H,3,8,11H2,(H,23,25). The largest absolute Gasteiger partial charge is 0.325 e. The molecule has 0 unspecified atom stereocenters. The van der Waals surface area contributed by atoms with Gasteiger partial charge in [0.2, 0.25) is 5.91 Å². The number of rotatable bonds is 5. The maximum Gasteiger partial charge on any atom is 0.265 e. The lowest BCUT2D eigenvalue weighted by molar-refractivity contribution is -0.116. The SMILES string of the molecule is O=C(CCCN1c2cccc3cccc(c23)S1(=O)=O)Nc1cc(Cl)ccc1Cl. The Hall–Kier alpha value is -2.28. The normalized spacial score (nSPS) is 14.4. The summed E-state index contributed by atoms with van der Waals surface area (Å²) in [6.07, 6.45) is 0.523. The Balaban J connectivity index is 1.47. The fraction of sp³-hybridized carbons (Fsp3) is 0.150. The van der Waals surface area contributed by atoms with Crippen LogP contribution in [0.2, 0.25) is 10.0 Å². The lowest BCUT2D eigenvalue weighted by atomic mass is 10.1. The highest BCUT2D eigenvalue weighted by molar-refractivity contribution is 7.93. The number of nitrogens with zero attached hydrogens (tertiary/aromatic N) is 1. The first-order valence-electron chi connectivity index (χ1n) is 8.67. The molecular weight excluding hydrogens is 419 g/mol. The molecule has 0 radical (unpaired) electrons. The second-order valence-electron chi connectivity index (χ2n) is 6.48. The third kappa shape index (κ3) is 3.32. The minimum atomic E-state index is -3.60. The van der Waals surface area contributed by atoms with Crippen molar-refractivity contribution in [3.63, 3.8) is 0 Å². The number of sulfonamides is 1. The molecule has 3 aromatic carbocycles. The van der Waals surface area contributed by atoms with Crippen LogP contribution in [0.15, 0.2) is 59.5 Å². The van der Waals surface area contributed by atoms with Crippen molar-refractivity contribution in [1.82, 2.24) is 0 Å². The Bertz CT molecular complexity index is 1190. The Morgan fingerprint density at radius 1 is 1.04 bits per heavy atom. The van der Waals surface area contributed by atoms with E-state index in [1.54, 1.807) is 36.4 Å². The van der Waals surface area contributed by atoms with Crippen LogP contribution in [0.3, 0.4) is 0 Å². The first-order chi connectivity index (χ1) is 13.4. The third-order valence-corrected chi connectivity index (χ3v) is 7.07. The van der Waals surface area contributed by atoms with Gasteiger partial charge in [0, 0.05) is 23.4 Å². The van der Waals surface area contributed by atoms with Crippen molar-refractivity contribution in [2.75, 3.05) is 16.2 Å². The molecule has 144 valence electrons. The number of carbonyl (C=O) groups is 1. The average Bonchev–Trinajstić information content (AvgIpc) is 2.88. The summed E-state index contributed by atoms with van der Waals surface area (Å²) in [7, 11) is -3.60. The van der Waals surface area contributed by atoms with Gasteiger partial charge in [0.1, 0.15) is 0 Å². The number of benzene rings is 3. The number of hydrogen-bond donors (Lipinski definition) is 1. The first-order valence-corrected chi connectivity index (χ1v) is 10.9. The number of hydrogen-bond acceptors (Lipinski definition) is 3. The van der Waals surface area contributed by atoms with Gasteiger partial charge in [-0.15, -0.1) is 0 Å². The van der Waals surface area contributed by atoms with E-state index in [0.717, 1.165) is 10.8 Å². The van der Waals surface area contributed by atoms with Gasteiger partial charge in [-0.25, -0.2) is 8.42 Å². The van der Waals surface area contributed by atoms with Crippen molar-refractivity contribution >= 4 is 61.3 Å². The van der Waals surface area contributed by atoms with Crippen LogP contribution >= 0.6 is 23.2 Å². The van der Waals surface area contributed by atoms with Crippen molar-refractivity contribution in [2.45, 2.75) is 17.7 Å². The Labute approximate surface area is 172 Å². The van der Waals surface area contributed by atoms with Gasteiger partial charge < -0.3 is 5.32 Å². The summed E-state index contributed by atoms with van der Waals surface area (Å²) < 4.78 is 27.2. The summed E-state index contributed by atoms with van der Waals surface area (Å²) in [6.45, 7) is 0.215. The molecule has 0 spiro atoms. The summed E-state index contributed by atoms with van der Waals surface area (Å²) in [5.74, 6) is -0.253. The van der Waals surface area contributed by atoms with Crippen molar-refractivity contribution in [2.24, 2.45) is 0 Å². The molecule has 4 rings (SSSR count). The first kappa shape index (κ1) is 19.1. The van der Waals surface area contributed by atoms with Gasteiger partial charge in [0.25, 0.3) is 10.0 Å². The minimum Gasteiger partial charge on any atom is -0.325 e. The zero-order valence-corrected chi connectivity index (χ0v) is 17.0. The van der Waals surface area contributed by atoms with E-state index in [-0.39, 0.29) is 18.9 Å². The van der Waals surface area contributed by atoms with Crippen molar-refractivity contribution in [3.8, 4) is 0 Å². The zero-order valence-electron chi connectivity index (χ0n) is 14.7. The van der Waals surface area contributed by atoms with Gasteiger partial charge in [0.15, 0.2) is 0 Å². The quantitative estimate of drug-likeness (QED) is 0.608. The fourth-order valence-corrected chi connectivity index (χ4v) is 5.47. The molecule has 5 nitrogen and oxygen atoms in total. The van der Waals surface area contributed by atoms with Crippen LogP contribution < -0.4 is 9.62 Å². The summed E-state index contributed by atoms with van der Waals surface area (Å²) in [5.41, 5.74) is 1.09. The molecule has 1 N–H and O–H groups in total. The third-order valence-electron chi connectivity index (χ3n) is 4.65. The summed E-state index contributed by atoms with van der Waals surface area (Å²) in [5, 5.41) is 5.19. The van der Waals surface area contributed by atoms with E-state index in [4.69, 9.17) is 23.2 Å².